The number of rotatable bonds is 5. The molecule has 0 bridgehead atoms. The van der Waals surface area contributed by atoms with Crippen LogP contribution in [-0.2, 0) is 6.42 Å². The second kappa shape index (κ2) is 12.0. The molecule has 6 heteroatoms. The van der Waals surface area contributed by atoms with Crippen molar-refractivity contribution in [3.8, 4) is 56.5 Å². The second-order valence-electron chi connectivity index (χ2n) is 13.5. The number of ether oxygens (including phenoxy) is 1. The summed E-state index contributed by atoms with van der Waals surface area (Å²) < 4.78 is 10.9. The van der Waals surface area contributed by atoms with Crippen LogP contribution in [0.15, 0.2) is 158 Å². The third-order valence-electron chi connectivity index (χ3n) is 10.5. The highest BCUT2D eigenvalue weighted by molar-refractivity contribution is 7.26. The molecule has 0 radical (unpaired) electrons. The van der Waals surface area contributed by atoms with Crippen molar-refractivity contribution in [1.29, 1.82) is 0 Å². The molecule has 0 N–H and O–H groups in total. The SMILES string of the molecule is c1ccc(-c2ncnc(-c3cccc(-c4ccc5c6c7sc8ccc(-c9cccc%10c9CCO%10)cc8c7ccc6n(-c6ccccc6)c5c4)c3)n2)cc1. The van der Waals surface area contributed by atoms with Gasteiger partial charge in [-0.25, -0.2) is 15.0 Å². The van der Waals surface area contributed by atoms with Crippen molar-refractivity contribution in [2.75, 3.05) is 6.61 Å². The molecule has 0 spiro atoms. The van der Waals surface area contributed by atoms with Gasteiger partial charge in [0, 0.05) is 59.7 Å². The van der Waals surface area contributed by atoms with E-state index in [1.165, 1.54) is 58.7 Å². The smallest absolute Gasteiger partial charge is 0.163 e. The number of nitrogens with zero attached hydrogens (tertiary/aromatic N) is 4. The normalized spacial score (nSPS) is 12.5. The maximum atomic E-state index is 5.91. The van der Waals surface area contributed by atoms with Crippen LogP contribution < -0.4 is 4.74 Å². The molecule has 0 saturated carbocycles. The molecule has 0 amide bonds. The first kappa shape index (κ1) is 30.0. The van der Waals surface area contributed by atoms with Gasteiger partial charge >= 0.3 is 0 Å². The fourth-order valence-electron chi connectivity index (χ4n) is 8.03. The van der Waals surface area contributed by atoms with Crippen molar-refractivity contribution in [3.63, 3.8) is 0 Å². The van der Waals surface area contributed by atoms with Crippen molar-refractivity contribution >= 4 is 53.3 Å². The van der Waals surface area contributed by atoms with E-state index in [1.807, 2.05) is 41.7 Å². The van der Waals surface area contributed by atoms with Gasteiger partial charge in [0.2, 0.25) is 0 Å². The van der Waals surface area contributed by atoms with Gasteiger partial charge in [0.05, 0.1) is 17.6 Å². The average molecular weight is 699 g/mol. The minimum atomic E-state index is 0.653. The summed E-state index contributed by atoms with van der Waals surface area (Å²) in [6.07, 6.45) is 2.55. The van der Waals surface area contributed by atoms with E-state index in [9.17, 15) is 0 Å². The van der Waals surface area contributed by atoms with Crippen LogP contribution >= 0.6 is 11.3 Å². The third kappa shape index (κ3) is 4.87. The first-order valence-corrected chi connectivity index (χ1v) is 18.7. The van der Waals surface area contributed by atoms with E-state index in [4.69, 9.17) is 9.72 Å². The van der Waals surface area contributed by atoms with E-state index in [0.717, 1.165) is 46.7 Å². The van der Waals surface area contributed by atoms with Crippen LogP contribution in [0, 0.1) is 0 Å². The maximum absolute atomic E-state index is 5.91. The number of aromatic nitrogens is 4. The van der Waals surface area contributed by atoms with E-state index in [0.29, 0.717) is 11.6 Å². The molecule has 0 atom stereocenters. The molecule has 250 valence electrons. The average Bonchev–Trinajstić information content (AvgIpc) is 3.95. The summed E-state index contributed by atoms with van der Waals surface area (Å²) in [6.45, 7) is 0.751. The number of thiophene rings is 1. The number of hydrogen-bond donors (Lipinski definition) is 0. The van der Waals surface area contributed by atoms with Crippen molar-refractivity contribution in [2.24, 2.45) is 0 Å². The van der Waals surface area contributed by atoms with Crippen LogP contribution in [-0.4, -0.2) is 26.1 Å². The fourth-order valence-corrected chi connectivity index (χ4v) is 9.27. The van der Waals surface area contributed by atoms with Crippen LogP contribution in [0.25, 0.3) is 92.7 Å². The number of benzene rings is 7. The summed E-state index contributed by atoms with van der Waals surface area (Å²) in [7, 11) is 0. The molecule has 1 aliphatic rings. The summed E-state index contributed by atoms with van der Waals surface area (Å²) in [5.41, 5.74) is 11.5. The molecule has 0 fully saturated rings. The number of fused-ring (bicyclic) bond motifs is 8. The Morgan fingerprint density at radius 3 is 2.17 bits per heavy atom. The van der Waals surface area contributed by atoms with Crippen molar-refractivity contribution in [1.82, 2.24) is 19.5 Å². The molecule has 0 aliphatic carbocycles. The van der Waals surface area contributed by atoms with Crippen LogP contribution in [0.4, 0.5) is 0 Å². The molecule has 10 aromatic rings. The highest BCUT2D eigenvalue weighted by atomic mass is 32.1. The minimum absolute atomic E-state index is 0.653. The summed E-state index contributed by atoms with van der Waals surface area (Å²) >= 11 is 1.89. The van der Waals surface area contributed by atoms with Gasteiger partial charge in [-0.05, 0) is 70.8 Å². The van der Waals surface area contributed by atoms with Crippen molar-refractivity contribution in [3.05, 3.63) is 164 Å². The van der Waals surface area contributed by atoms with Gasteiger partial charge < -0.3 is 9.30 Å². The van der Waals surface area contributed by atoms with E-state index in [-0.39, 0.29) is 0 Å². The minimum Gasteiger partial charge on any atom is -0.493 e. The standard InChI is InChI=1S/C47H30N4OS/c1-3-9-29(10-4-1)46-48-28-49-47(50-46)33-12-7-11-30(25-33)31-17-19-38-41(27-31)51(34-13-5-2-6-14-34)40-21-20-37-39-26-32(18-22-43(39)53-45(37)44(38)40)35-15-8-16-42-36(35)23-24-52-42/h1-22,25-28H,23-24H2. The lowest BCUT2D eigenvalue weighted by Crippen LogP contribution is -1.95. The summed E-state index contributed by atoms with van der Waals surface area (Å²) in [5, 5.41) is 5.11. The predicted molar refractivity (Wildman–Crippen MR) is 218 cm³/mol. The monoisotopic (exact) mass is 698 g/mol. The van der Waals surface area contributed by atoms with E-state index >= 15 is 0 Å². The lowest BCUT2D eigenvalue weighted by molar-refractivity contribution is 0.357. The van der Waals surface area contributed by atoms with Gasteiger partial charge in [-0.3, -0.25) is 0 Å². The molecule has 0 unspecified atom stereocenters. The second-order valence-corrected chi connectivity index (χ2v) is 14.6. The van der Waals surface area contributed by atoms with Crippen LogP contribution in [0.3, 0.4) is 0 Å². The Bertz CT molecular complexity index is 3040. The Balaban J connectivity index is 1.08. The van der Waals surface area contributed by atoms with Gasteiger partial charge in [0.1, 0.15) is 12.1 Å². The summed E-state index contributed by atoms with van der Waals surface area (Å²) in [4.78, 5) is 13.8. The Morgan fingerprint density at radius 2 is 1.28 bits per heavy atom. The highest BCUT2D eigenvalue weighted by Crippen LogP contribution is 2.45. The summed E-state index contributed by atoms with van der Waals surface area (Å²) in [6, 6.07) is 54.1. The zero-order valence-electron chi connectivity index (χ0n) is 28.5. The lowest BCUT2D eigenvalue weighted by atomic mass is 9.96. The number of para-hydroxylation sites is 1. The van der Waals surface area contributed by atoms with Gasteiger partial charge in [0.15, 0.2) is 11.6 Å². The summed E-state index contributed by atoms with van der Waals surface area (Å²) in [5.74, 6) is 2.33. The van der Waals surface area contributed by atoms with Crippen molar-refractivity contribution in [2.45, 2.75) is 6.42 Å². The molecule has 53 heavy (non-hydrogen) atoms. The van der Waals surface area contributed by atoms with E-state index in [1.54, 1.807) is 6.33 Å². The topological polar surface area (TPSA) is 52.8 Å². The van der Waals surface area contributed by atoms with E-state index in [2.05, 4.69) is 136 Å². The Labute approximate surface area is 309 Å². The zero-order valence-corrected chi connectivity index (χ0v) is 29.3. The van der Waals surface area contributed by atoms with Crippen molar-refractivity contribution < 1.29 is 4.74 Å². The Morgan fingerprint density at radius 1 is 0.547 bits per heavy atom. The molecule has 3 aromatic heterocycles. The largest absolute Gasteiger partial charge is 0.493 e. The van der Waals surface area contributed by atoms with Gasteiger partial charge in [-0.15, -0.1) is 11.3 Å². The Hall–Kier alpha value is -6.63. The lowest BCUT2D eigenvalue weighted by Gasteiger charge is -2.10. The quantitative estimate of drug-likeness (QED) is 0.180. The molecule has 1 aliphatic heterocycles. The first-order valence-electron chi connectivity index (χ1n) is 17.9. The zero-order chi connectivity index (χ0) is 34.9. The van der Waals surface area contributed by atoms with Gasteiger partial charge in [-0.2, -0.15) is 0 Å². The Kier molecular flexibility index (Phi) is 6.79. The molecule has 5 nitrogen and oxygen atoms in total. The van der Waals surface area contributed by atoms with Crippen LogP contribution in [0.1, 0.15) is 5.56 Å². The van der Waals surface area contributed by atoms with Gasteiger partial charge in [0.25, 0.3) is 0 Å². The maximum Gasteiger partial charge on any atom is 0.163 e. The molecule has 4 heterocycles. The highest BCUT2D eigenvalue weighted by Gasteiger charge is 2.21. The van der Waals surface area contributed by atoms with Crippen LogP contribution in [0.2, 0.25) is 0 Å². The number of hydrogen-bond acceptors (Lipinski definition) is 5. The van der Waals surface area contributed by atoms with Gasteiger partial charge in [-0.1, -0.05) is 103 Å². The molecular formula is C47H30N4OS. The first-order chi connectivity index (χ1) is 26.3. The van der Waals surface area contributed by atoms with Crippen LogP contribution in [0.5, 0.6) is 5.75 Å². The fraction of sp³-hybridized carbons (Fsp3) is 0.0426. The molecule has 7 aromatic carbocycles. The molecule has 11 rings (SSSR count). The molecule has 0 saturated heterocycles. The predicted octanol–water partition coefficient (Wildman–Crippen LogP) is 11.9. The third-order valence-corrected chi connectivity index (χ3v) is 11.7. The van der Waals surface area contributed by atoms with E-state index < -0.39 is 0 Å². The molecular weight excluding hydrogens is 669 g/mol.